The maximum atomic E-state index is 13.0. The van der Waals surface area contributed by atoms with Crippen LogP contribution in [0.5, 0.6) is 17.2 Å². The van der Waals surface area contributed by atoms with Crippen molar-refractivity contribution in [2.24, 2.45) is 0 Å². The van der Waals surface area contributed by atoms with Gasteiger partial charge in [0.2, 0.25) is 0 Å². The fourth-order valence-corrected chi connectivity index (χ4v) is 3.99. The Balaban J connectivity index is 2.21. The van der Waals surface area contributed by atoms with E-state index in [1.807, 2.05) is 13.8 Å². The summed E-state index contributed by atoms with van der Waals surface area (Å²) >= 11 is 6.10. The summed E-state index contributed by atoms with van der Waals surface area (Å²) in [5, 5.41) is 11.5. The Morgan fingerprint density at radius 1 is 1.03 bits per heavy atom. The highest BCUT2D eigenvalue weighted by molar-refractivity contribution is 6.46. The van der Waals surface area contributed by atoms with Gasteiger partial charge in [0.1, 0.15) is 11.5 Å². The van der Waals surface area contributed by atoms with Gasteiger partial charge in [0.25, 0.3) is 11.7 Å². The topological polar surface area (TPSA) is 85.3 Å². The largest absolute Gasteiger partial charge is 0.507 e. The first kappa shape index (κ1) is 23.5. The van der Waals surface area contributed by atoms with Crippen LogP contribution in [0.2, 0.25) is 5.02 Å². The lowest BCUT2D eigenvalue weighted by atomic mass is 9.95. The lowest BCUT2D eigenvalue weighted by molar-refractivity contribution is -0.139. The second-order valence-corrected chi connectivity index (χ2v) is 7.59. The first-order chi connectivity index (χ1) is 15.4. The summed E-state index contributed by atoms with van der Waals surface area (Å²) in [5.41, 5.74) is 0.953. The lowest BCUT2D eigenvalue weighted by Crippen LogP contribution is -2.30. The Bertz CT molecular complexity index is 1060. The number of amides is 1. The fourth-order valence-electron chi connectivity index (χ4n) is 3.79. The Labute approximate surface area is 192 Å². The van der Waals surface area contributed by atoms with Crippen molar-refractivity contribution in [3.63, 3.8) is 0 Å². The number of carbonyl (C=O) groups excluding carboxylic acids is 2. The molecule has 0 aliphatic carbocycles. The molecule has 0 bridgehead atoms. The maximum absolute atomic E-state index is 13.0. The zero-order valence-electron chi connectivity index (χ0n) is 18.5. The summed E-state index contributed by atoms with van der Waals surface area (Å²) in [6.07, 6.45) is 0.646. The van der Waals surface area contributed by atoms with Crippen molar-refractivity contribution in [3.8, 4) is 17.2 Å². The number of ketones is 1. The molecule has 1 unspecified atom stereocenters. The van der Waals surface area contributed by atoms with E-state index in [0.717, 1.165) is 0 Å². The zero-order chi connectivity index (χ0) is 23.4. The Hall–Kier alpha value is -3.19. The van der Waals surface area contributed by atoms with Crippen LogP contribution in [0.15, 0.2) is 42.0 Å². The van der Waals surface area contributed by atoms with Crippen LogP contribution in [0.1, 0.15) is 37.4 Å². The van der Waals surface area contributed by atoms with Gasteiger partial charge in [0, 0.05) is 12.1 Å². The number of ether oxygens (including phenoxy) is 3. The van der Waals surface area contributed by atoms with E-state index < -0.39 is 17.7 Å². The summed E-state index contributed by atoms with van der Waals surface area (Å²) in [7, 11) is 2.99. The number of nitrogens with zero attached hydrogens (tertiary/aromatic N) is 1. The second-order valence-electron chi connectivity index (χ2n) is 7.19. The smallest absolute Gasteiger partial charge is 0.295 e. The van der Waals surface area contributed by atoms with Gasteiger partial charge in [-0.3, -0.25) is 9.59 Å². The van der Waals surface area contributed by atoms with E-state index in [9.17, 15) is 14.7 Å². The van der Waals surface area contributed by atoms with Gasteiger partial charge in [-0.1, -0.05) is 24.6 Å². The van der Waals surface area contributed by atoms with Crippen molar-refractivity contribution in [1.29, 1.82) is 0 Å². The third kappa shape index (κ3) is 4.25. The summed E-state index contributed by atoms with van der Waals surface area (Å²) < 4.78 is 16.3. The van der Waals surface area contributed by atoms with E-state index in [0.29, 0.717) is 53.0 Å². The molecule has 2 aromatic rings. The van der Waals surface area contributed by atoms with E-state index in [1.54, 1.807) is 30.3 Å². The quantitative estimate of drug-likeness (QED) is 0.353. The summed E-state index contributed by atoms with van der Waals surface area (Å²) in [6.45, 7) is 4.54. The number of hydrogen-bond acceptors (Lipinski definition) is 6. The predicted octanol–water partition coefficient (Wildman–Crippen LogP) is 4.59. The highest BCUT2D eigenvalue weighted by Gasteiger charge is 2.46. The molecule has 0 saturated carbocycles. The van der Waals surface area contributed by atoms with Crippen LogP contribution >= 0.6 is 11.6 Å². The van der Waals surface area contributed by atoms with E-state index in [1.165, 1.54) is 25.2 Å². The molecule has 1 aliphatic rings. The number of likely N-dealkylation sites (tertiary alicyclic amines) is 1. The predicted molar refractivity (Wildman–Crippen MR) is 121 cm³/mol. The number of aliphatic hydroxyl groups is 1. The van der Waals surface area contributed by atoms with Crippen LogP contribution < -0.4 is 14.2 Å². The van der Waals surface area contributed by atoms with Gasteiger partial charge in [-0.15, -0.1) is 0 Å². The molecule has 1 fully saturated rings. The molecule has 1 atom stereocenters. The van der Waals surface area contributed by atoms with Crippen molar-refractivity contribution in [2.75, 3.05) is 27.4 Å². The fraction of sp³-hybridized carbons (Fsp3) is 0.333. The van der Waals surface area contributed by atoms with Crippen molar-refractivity contribution < 1.29 is 28.9 Å². The van der Waals surface area contributed by atoms with E-state index >= 15 is 0 Å². The molecule has 0 aromatic heterocycles. The molecule has 0 spiro atoms. The zero-order valence-corrected chi connectivity index (χ0v) is 19.2. The van der Waals surface area contributed by atoms with Gasteiger partial charge in [-0.05, 0) is 49.2 Å². The van der Waals surface area contributed by atoms with E-state index in [-0.39, 0.29) is 11.3 Å². The van der Waals surface area contributed by atoms with Gasteiger partial charge in [-0.25, -0.2) is 0 Å². The first-order valence-corrected chi connectivity index (χ1v) is 10.7. The molecule has 2 aromatic carbocycles. The summed E-state index contributed by atoms with van der Waals surface area (Å²) in [6, 6.07) is 9.10. The molecular weight excluding hydrogens is 434 g/mol. The van der Waals surface area contributed by atoms with Crippen LogP contribution in [-0.2, 0) is 9.59 Å². The third-order valence-electron chi connectivity index (χ3n) is 5.23. The first-order valence-electron chi connectivity index (χ1n) is 10.3. The molecule has 1 N–H and O–H groups in total. The van der Waals surface area contributed by atoms with Crippen LogP contribution in [0.25, 0.3) is 5.76 Å². The minimum absolute atomic E-state index is 0.000408. The number of Topliss-reactive ketones (excluding diaryl/α,β-unsaturated/α-hetero) is 1. The Morgan fingerprint density at radius 3 is 2.38 bits per heavy atom. The van der Waals surface area contributed by atoms with Crippen LogP contribution in [0.4, 0.5) is 0 Å². The minimum Gasteiger partial charge on any atom is -0.507 e. The van der Waals surface area contributed by atoms with Crippen molar-refractivity contribution in [2.45, 2.75) is 26.3 Å². The number of aliphatic hydroxyl groups excluding tert-OH is 1. The number of carbonyl (C=O) groups is 2. The van der Waals surface area contributed by atoms with E-state index in [4.69, 9.17) is 25.8 Å². The molecule has 8 heteroatoms. The van der Waals surface area contributed by atoms with E-state index in [2.05, 4.69) is 0 Å². The summed E-state index contributed by atoms with van der Waals surface area (Å²) in [4.78, 5) is 27.4. The third-order valence-corrected chi connectivity index (χ3v) is 5.54. The Morgan fingerprint density at radius 2 is 1.75 bits per heavy atom. The number of benzene rings is 2. The molecule has 170 valence electrons. The number of methoxy groups -OCH3 is 2. The number of halogens is 1. The maximum Gasteiger partial charge on any atom is 0.295 e. The normalized spacial score (nSPS) is 17.5. The monoisotopic (exact) mass is 459 g/mol. The average Bonchev–Trinajstić information content (AvgIpc) is 3.04. The lowest BCUT2D eigenvalue weighted by Gasteiger charge is -2.25. The molecule has 7 nitrogen and oxygen atoms in total. The molecule has 32 heavy (non-hydrogen) atoms. The molecule has 1 saturated heterocycles. The van der Waals surface area contributed by atoms with Crippen LogP contribution in [0, 0.1) is 0 Å². The second kappa shape index (κ2) is 9.96. The van der Waals surface area contributed by atoms with Gasteiger partial charge in [0.05, 0.1) is 37.5 Å². The molecule has 1 aliphatic heterocycles. The van der Waals surface area contributed by atoms with Crippen molar-refractivity contribution in [3.05, 3.63) is 58.1 Å². The molecule has 3 rings (SSSR count). The number of rotatable bonds is 8. The standard InChI is InChI=1S/C24H26ClNO6/c1-5-11-26-21(14-8-10-17(30-3)19(12-14)32-6-2)20(23(28)24(26)29)22(27)15-7-9-16(25)18(13-15)31-4/h7-10,12-13,21,27H,5-6,11H2,1-4H3/b22-20-. The minimum atomic E-state index is -0.776. The number of hydrogen-bond donors (Lipinski definition) is 1. The van der Waals surface area contributed by atoms with Gasteiger partial charge >= 0.3 is 0 Å². The van der Waals surface area contributed by atoms with Crippen LogP contribution in [0.3, 0.4) is 0 Å². The van der Waals surface area contributed by atoms with Gasteiger partial charge in [-0.2, -0.15) is 0 Å². The summed E-state index contributed by atoms with van der Waals surface area (Å²) in [5.74, 6) is -0.334. The van der Waals surface area contributed by atoms with Crippen molar-refractivity contribution >= 4 is 29.1 Å². The molecule has 1 amide bonds. The average molecular weight is 460 g/mol. The van der Waals surface area contributed by atoms with Gasteiger partial charge in [0.15, 0.2) is 11.5 Å². The highest BCUT2D eigenvalue weighted by atomic mass is 35.5. The molecular formula is C24H26ClNO6. The van der Waals surface area contributed by atoms with Gasteiger partial charge < -0.3 is 24.2 Å². The van der Waals surface area contributed by atoms with Crippen LogP contribution in [-0.4, -0.2) is 49.1 Å². The highest BCUT2D eigenvalue weighted by Crippen LogP contribution is 2.42. The van der Waals surface area contributed by atoms with Crippen molar-refractivity contribution in [1.82, 2.24) is 4.90 Å². The molecule has 1 heterocycles. The SMILES string of the molecule is CCCN1C(=O)C(=O)/C(=C(\O)c2ccc(Cl)c(OC)c2)C1c1ccc(OC)c(OCC)c1. The molecule has 0 radical (unpaired) electrons. The Kier molecular flexibility index (Phi) is 7.30.